The molecule has 2 rings (SSSR count). The van der Waals surface area contributed by atoms with E-state index in [-0.39, 0.29) is 5.16 Å². The first-order chi connectivity index (χ1) is 8.04. The van der Waals surface area contributed by atoms with Crippen molar-refractivity contribution in [3.8, 4) is 0 Å². The van der Waals surface area contributed by atoms with Crippen LogP contribution in [0, 0.1) is 0 Å². The quantitative estimate of drug-likeness (QED) is 0.698. The van der Waals surface area contributed by atoms with Gasteiger partial charge >= 0.3 is 5.97 Å². The number of methoxy groups -OCH3 is 1. The van der Waals surface area contributed by atoms with Crippen LogP contribution in [0.5, 0.6) is 0 Å². The van der Waals surface area contributed by atoms with Gasteiger partial charge in [0.05, 0.1) is 7.11 Å². The number of rotatable bonds is 3. The van der Waals surface area contributed by atoms with Crippen LogP contribution in [0.1, 0.15) is 0 Å². The third-order valence-corrected chi connectivity index (χ3v) is 3.55. The molecule has 0 unspecified atom stereocenters. The van der Waals surface area contributed by atoms with Gasteiger partial charge in [-0.1, -0.05) is 6.07 Å². The molecule has 0 N–H and O–H groups in total. The van der Waals surface area contributed by atoms with Crippen molar-refractivity contribution in [2.24, 2.45) is 0 Å². The second kappa shape index (κ2) is 4.13. The maximum atomic E-state index is 11.9. The zero-order valence-corrected chi connectivity index (χ0v) is 9.72. The fourth-order valence-corrected chi connectivity index (χ4v) is 2.49. The highest BCUT2D eigenvalue weighted by atomic mass is 32.2. The highest BCUT2D eigenvalue weighted by molar-refractivity contribution is 7.91. The van der Waals surface area contributed by atoms with Crippen LogP contribution in [0.2, 0.25) is 0 Å². The molecule has 0 bridgehead atoms. The van der Waals surface area contributed by atoms with Gasteiger partial charge in [-0.05, 0) is 12.1 Å². The lowest BCUT2D eigenvalue weighted by molar-refractivity contribution is -0.137. The fourth-order valence-electron chi connectivity index (χ4n) is 1.31. The van der Waals surface area contributed by atoms with E-state index in [0.717, 1.165) is 7.11 Å². The van der Waals surface area contributed by atoms with Crippen molar-refractivity contribution in [3.63, 3.8) is 0 Å². The molecule has 0 fully saturated rings. The van der Waals surface area contributed by atoms with Gasteiger partial charge in [0.2, 0.25) is 9.84 Å². The van der Waals surface area contributed by atoms with Gasteiger partial charge in [-0.25, -0.2) is 8.42 Å². The van der Waals surface area contributed by atoms with Crippen molar-refractivity contribution in [1.29, 1.82) is 0 Å². The Morgan fingerprint density at radius 3 is 2.88 bits per heavy atom. The van der Waals surface area contributed by atoms with Crippen molar-refractivity contribution in [3.05, 3.63) is 24.4 Å². The number of esters is 1. The van der Waals surface area contributed by atoms with Crippen LogP contribution in [-0.4, -0.2) is 41.8 Å². The van der Waals surface area contributed by atoms with E-state index < -0.39 is 21.6 Å². The van der Waals surface area contributed by atoms with Crippen molar-refractivity contribution in [2.45, 2.75) is 5.16 Å². The molecule has 0 saturated heterocycles. The van der Waals surface area contributed by atoms with Crippen LogP contribution in [0.25, 0.3) is 5.65 Å². The molecule has 0 radical (unpaired) electrons. The van der Waals surface area contributed by atoms with E-state index in [2.05, 4.69) is 14.9 Å². The Kier molecular flexibility index (Phi) is 2.80. The van der Waals surface area contributed by atoms with Gasteiger partial charge in [-0.15, -0.1) is 10.2 Å². The Labute approximate surface area is 97.0 Å². The van der Waals surface area contributed by atoms with E-state index >= 15 is 0 Å². The Morgan fingerprint density at radius 2 is 2.18 bits per heavy atom. The Bertz CT molecular complexity index is 662. The highest BCUT2D eigenvalue weighted by Crippen LogP contribution is 2.10. The van der Waals surface area contributed by atoms with Gasteiger partial charge in [0.1, 0.15) is 0 Å². The van der Waals surface area contributed by atoms with Gasteiger partial charge in [0, 0.05) is 6.20 Å². The van der Waals surface area contributed by atoms with Crippen molar-refractivity contribution < 1.29 is 17.9 Å². The Balaban J connectivity index is 2.50. The minimum Gasteiger partial charge on any atom is -0.468 e. The van der Waals surface area contributed by atoms with Crippen LogP contribution < -0.4 is 0 Å². The summed E-state index contributed by atoms with van der Waals surface area (Å²) in [5, 5.41) is 7.01. The molecule has 7 nitrogen and oxygen atoms in total. The summed E-state index contributed by atoms with van der Waals surface area (Å²) in [6.07, 6.45) is 1.51. The summed E-state index contributed by atoms with van der Waals surface area (Å²) in [6.45, 7) is 0. The third kappa shape index (κ3) is 2.11. The molecule has 8 heteroatoms. The van der Waals surface area contributed by atoms with Gasteiger partial charge < -0.3 is 4.74 Å². The molecule has 2 aromatic heterocycles. The van der Waals surface area contributed by atoms with E-state index in [1.165, 1.54) is 10.6 Å². The number of sulfone groups is 1. The molecule has 0 aromatic carbocycles. The van der Waals surface area contributed by atoms with E-state index in [1.807, 2.05) is 0 Å². The summed E-state index contributed by atoms with van der Waals surface area (Å²) >= 11 is 0. The first-order valence-corrected chi connectivity index (χ1v) is 6.29. The van der Waals surface area contributed by atoms with Crippen LogP contribution in [0.3, 0.4) is 0 Å². The summed E-state index contributed by atoms with van der Waals surface area (Å²) in [5.41, 5.74) is 0.399. The summed E-state index contributed by atoms with van der Waals surface area (Å²) in [6, 6.07) is 4.97. The van der Waals surface area contributed by atoms with Gasteiger partial charge in [-0.2, -0.15) is 0 Å². The van der Waals surface area contributed by atoms with Crippen molar-refractivity contribution in [1.82, 2.24) is 14.6 Å². The molecule has 0 saturated carbocycles. The van der Waals surface area contributed by atoms with E-state index in [9.17, 15) is 13.2 Å². The average molecular weight is 255 g/mol. The minimum atomic E-state index is -3.84. The van der Waals surface area contributed by atoms with Crippen LogP contribution >= 0.6 is 0 Å². The predicted octanol–water partition coefficient (Wildman–Crippen LogP) is -0.324. The third-order valence-electron chi connectivity index (χ3n) is 2.10. The van der Waals surface area contributed by atoms with Crippen molar-refractivity contribution in [2.75, 3.05) is 12.9 Å². The lowest BCUT2D eigenvalue weighted by Gasteiger charge is -2.00. The number of aromatic nitrogens is 3. The molecule has 2 aromatic rings. The zero-order valence-electron chi connectivity index (χ0n) is 8.90. The number of hydrogen-bond acceptors (Lipinski definition) is 6. The maximum Gasteiger partial charge on any atom is 0.321 e. The van der Waals surface area contributed by atoms with Gasteiger partial charge in [0.15, 0.2) is 11.4 Å². The number of carbonyl (C=O) groups excluding carboxylic acids is 1. The Hall–Kier alpha value is -1.96. The van der Waals surface area contributed by atoms with E-state index in [1.54, 1.807) is 18.2 Å². The number of nitrogens with zero attached hydrogens (tertiary/aromatic N) is 3. The Morgan fingerprint density at radius 1 is 1.41 bits per heavy atom. The smallest absolute Gasteiger partial charge is 0.321 e. The predicted molar refractivity (Wildman–Crippen MR) is 57.1 cm³/mol. The topological polar surface area (TPSA) is 90.6 Å². The summed E-state index contributed by atoms with van der Waals surface area (Å²) in [7, 11) is -2.72. The summed E-state index contributed by atoms with van der Waals surface area (Å²) in [5.74, 6) is -1.59. The minimum absolute atomic E-state index is 0.265. The molecule has 2 heterocycles. The first-order valence-electron chi connectivity index (χ1n) is 4.64. The normalized spacial score (nSPS) is 11.6. The van der Waals surface area contributed by atoms with Crippen LogP contribution in [0.4, 0.5) is 0 Å². The number of hydrogen-bond donors (Lipinski definition) is 0. The largest absolute Gasteiger partial charge is 0.468 e. The van der Waals surface area contributed by atoms with Gasteiger partial charge in [0.25, 0.3) is 5.16 Å². The molecule has 17 heavy (non-hydrogen) atoms. The summed E-state index contributed by atoms with van der Waals surface area (Å²) in [4.78, 5) is 11.0. The average Bonchev–Trinajstić information content (AvgIpc) is 2.72. The van der Waals surface area contributed by atoms with Crippen LogP contribution in [-0.2, 0) is 19.4 Å². The molecule has 0 atom stereocenters. The number of fused-ring (bicyclic) bond motifs is 1. The molecular formula is C9H9N3O4S. The number of pyridine rings is 1. The molecule has 0 aliphatic heterocycles. The second-order valence-corrected chi connectivity index (χ2v) is 5.13. The van der Waals surface area contributed by atoms with Crippen LogP contribution in [0.15, 0.2) is 29.6 Å². The fraction of sp³-hybridized carbons (Fsp3) is 0.222. The number of ether oxygens (including phenoxy) is 1. The van der Waals surface area contributed by atoms with Gasteiger partial charge in [-0.3, -0.25) is 9.20 Å². The van der Waals surface area contributed by atoms with E-state index in [0.29, 0.717) is 5.65 Å². The van der Waals surface area contributed by atoms with E-state index in [4.69, 9.17) is 0 Å². The molecule has 0 amide bonds. The molecule has 90 valence electrons. The molecule has 0 aliphatic carbocycles. The SMILES string of the molecule is COC(=O)CS(=O)(=O)c1nnc2ccccn12. The standard InChI is InChI=1S/C9H9N3O4S/c1-16-8(13)6-17(14,15)9-11-10-7-4-2-3-5-12(7)9/h2-5H,6H2,1H3. The lowest BCUT2D eigenvalue weighted by atomic mass is 10.5. The molecular weight excluding hydrogens is 246 g/mol. The van der Waals surface area contributed by atoms with Crippen molar-refractivity contribution >= 4 is 21.5 Å². The molecule has 0 aliphatic rings. The zero-order chi connectivity index (χ0) is 12.5. The monoisotopic (exact) mass is 255 g/mol. The number of carbonyl (C=O) groups is 1. The second-order valence-electron chi connectivity index (χ2n) is 3.25. The lowest BCUT2D eigenvalue weighted by Crippen LogP contribution is -2.19. The first kappa shape index (κ1) is 11.5. The molecule has 0 spiro atoms. The summed E-state index contributed by atoms with van der Waals surface area (Å²) < 4.78 is 29.3. The maximum absolute atomic E-state index is 11.9. The highest BCUT2D eigenvalue weighted by Gasteiger charge is 2.25.